The van der Waals surface area contributed by atoms with Crippen molar-refractivity contribution >= 4 is 0 Å². The van der Waals surface area contributed by atoms with Gasteiger partial charge in [0.2, 0.25) is 0 Å². The number of rotatable bonds is 4. The molecule has 1 aromatic rings. The lowest BCUT2D eigenvalue weighted by atomic mass is 9.90. The second-order valence-electron chi connectivity index (χ2n) is 4.57. The van der Waals surface area contributed by atoms with Crippen LogP contribution in [0.5, 0.6) is 5.75 Å². The van der Waals surface area contributed by atoms with Crippen LogP contribution in [0.25, 0.3) is 0 Å². The zero-order valence-electron chi connectivity index (χ0n) is 10.3. The largest absolute Gasteiger partial charge is 0.497 e. The fourth-order valence-electron chi connectivity index (χ4n) is 2.31. The zero-order chi connectivity index (χ0) is 12.1. The molecule has 0 aromatic heterocycles. The molecule has 3 nitrogen and oxygen atoms in total. The molecule has 0 spiro atoms. The Labute approximate surface area is 102 Å². The predicted molar refractivity (Wildman–Crippen MR) is 66.2 cm³/mol. The van der Waals surface area contributed by atoms with Crippen molar-refractivity contribution in [3.63, 3.8) is 0 Å². The molecule has 1 unspecified atom stereocenters. The molecule has 0 aliphatic carbocycles. The predicted octanol–water partition coefficient (Wildman–Crippen LogP) is 2.03. The van der Waals surface area contributed by atoms with E-state index in [1.54, 1.807) is 7.11 Å². The van der Waals surface area contributed by atoms with Crippen molar-refractivity contribution in [1.29, 1.82) is 0 Å². The maximum atomic E-state index is 10.2. The van der Waals surface area contributed by atoms with E-state index < -0.39 is 0 Å². The van der Waals surface area contributed by atoms with Crippen LogP contribution in [-0.4, -0.2) is 31.5 Å². The fourth-order valence-corrected chi connectivity index (χ4v) is 2.31. The maximum absolute atomic E-state index is 10.2. The molecule has 17 heavy (non-hydrogen) atoms. The monoisotopic (exact) mass is 236 g/mol. The summed E-state index contributed by atoms with van der Waals surface area (Å²) in [6.45, 7) is 1.56. The summed E-state index contributed by atoms with van der Waals surface area (Å²) < 4.78 is 10.5. The Morgan fingerprint density at radius 1 is 1.41 bits per heavy atom. The van der Waals surface area contributed by atoms with E-state index in [1.165, 1.54) is 0 Å². The minimum atomic E-state index is -0.272. The van der Waals surface area contributed by atoms with Gasteiger partial charge in [-0.1, -0.05) is 12.1 Å². The van der Waals surface area contributed by atoms with Gasteiger partial charge in [0.25, 0.3) is 0 Å². The summed E-state index contributed by atoms with van der Waals surface area (Å²) in [5, 5.41) is 10.2. The molecular formula is C14H20O3. The topological polar surface area (TPSA) is 38.7 Å². The lowest BCUT2D eigenvalue weighted by Crippen LogP contribution is -2.28. The van der Waals surface area contributed by atoms with E-state index in [2.05, 4.69) is 0 Å². The average Bonchev–Trinajstić information content (AvgIpc) is 2.40. The Balaban J connectivity index is 1.94. The summed E-state index contributed by atoms with van der Waals surface area (Å²) in [5.41, 5.74) is 1.13. The summed E-state index contributed by atoms with van der Waals surface area (Å²) in [5.74, 6) is 1.22. The number of aliphatic hydroxyl groups is 1. The van der Waals surface area contributed by atoms with Gasteiger partial charge in [-0.25, -0.2) is 0 Å². The van der Waals surface area contributed by atoms with Gasteiger partial charge in [0.05, 0.1) is 13.2 Å². The second kappa shape index (κ2) is 6.03. The van der Waals surface area contributed by atoms with E-state index in [0.717, 1.165) is 37.4 Å². The van der Waals surface area contributed by atoms with Gasteiger partial charge in [-0.05, 0) is 42.9 Å². The highest BCUT2D eigenvalue weighted by Crippen LogP contribution is 2.22. The quantitative estimate of drug-likeness (QED) is 0.869. The summed E-state index contributed by atoms with van der Waals surface area (Å²) in [6, 6.07) is 7.91. The van der Waals surface area contributed by atoms with Crippen LogP contribution in [0, 0.1) is 5.92 Å². The van der Waals surface area contributed by atoms with Crippen LogP contribution >= 0.6 is 0 Å². The third-order valence-corrected chi connectivity index (χ3v) is 3.39. The molecule has 0 saturated carbocycles. The smallest absolute Gasteiger partial charge is 0.119 e. The van der Waals surface area contributed by atoms with Gasteiger partial charge >= 0.3 is 0 Å². The third kappa shape index (κ3) is 3.45. The molecule has 3 heteroatoms. The Bertz CT molecular complexity index is 345. The highest BCUT2D eigenvalue weighted by molar-refractivity contribution is 5.28. The first-order valence-corrected chi connectivity index (χ1v) is 6.18. The molecule has 0 amide bonds. The van der Waals surface area contributed by atoms with E-state index in [9.17, 15) is 5.11 Å². The lowest BCUT2D eigenvalue weighted by Gasteiger charge is -2.26. The van der Waals surface area contributed by atoms with Gasteiger partial charge in [0.15, 0.2) is 0 Å². The molecule has 1 aromatic carbocycles. The van der Waals surface area contributed by atoms with Crippen LogP contribution in [0.3, 0.4) is 0 Å². The third-order valence-electron chi connectivity index (χ3n) is 3.39. The molecule has 94 valence electrons. The number of aliphatic hydroxyl groups excluding tert-OH is 1. The minimum Gasteiger partial charge on any atom is -0.497 e. The van der Waals surface area contributed by atoms with Crippen LogP contribution in [0.2, 0.25) is 0 Å². The standard InChI is InChI=1S/C14H20O3/c1-16-13-4-2-3-11(9-13)10-14(15)12-5-7-17-8-6-12/h2-4,9,12,14-15H,5-8,10H2,1H3. The van der Waals surface area contributed by atoms with E-state index >= 15 is 0 Å². The molecule has 1 atom stereocenters. The first-order chi connectivity index (χ1) is 8.29. The number of hydrogen-bond acceptors (Lipinski definition) is 3. The first-order valence-electron chi connectivity index (χ1n) is 6.18. The van der Waals surface area contributed by atoms with Crippen LogP contribution in [0.1, 0.15) is 18.4 Å². The number of hydrogen-bond donors (Lipinski definition) is 1. The molecule has 1 aliphatic heterocycles. The number of methoxy groups -OCH3 is 1. The molecule has 1 aliphatic rings. The van der Waals surface area contributed by atoms with Crippen LogP contribution < -0.4 is 4.74 Å². The van der Waals surface area contributed by atoms with Crippen LogP contribution in [0.15, 0.2) is 24.3 Å². The highest BCUT2D eigenvalue weighted by Gasteiger charge is 2.22. The van der Waals surface area contributed by atoms with E-state index in [1.807, 2.05) is 24.3 Å². The molecule has 0 bridgehead atoms. The normalized spacial score (nSPS) is 18.9. The Hall–Kier alpha value is -1.06. The van der Waals surface area contributed by atoms with Crippen LogP contribution in [-0.2, 0) is 11.2 Å². The number of ether oxygens (including phenoxy) is 2. The summed E-state index contributed by atoms with van der Waals surface area (Å²) in [4.78, 5) is 0. The molecule has 1 fully saturated rings. The maximum Gasteiger partial charge on any atom is 0.119 e. The average molecular weight is 236 g/mol. The Morgan fingerprint density at radius 2 is 2.18 bits per heavy atom. The second-order valence-corrected chi connectivity index (χ2v) is 4.57. The van der Waals surface area contributed by atoms with Crippen molar-refractivity contribution in [2.45, 2.75) is 25.4 Å². The van der Waals surface area contributed by atoms with Crippen molar-refractivity contribution in [2.75, 3.05) is 20.3 Å². The minimum absolute atomic E-state index is 0.272. The van der Waals surface area contributed by atoms with E-state index in [0.29, 0.717) is 12.3 Å². The SMILES string of the molecule is COc1cccc(CC(O)C2CCOCC2)c1. The molecule has 0 radical (unpaired) electrons. The zero-order valence-corrected chi connectivity index (χ0v) is 10.3. The summed E-state index contributed by atoms with van der Waals surface area (Å²) in [7, 11) is 1.66. The summed E-state index contributed by atoms with van der Waals surface area (Å²) >= 11 is 0. The van der Waals surface area contributed by atoms with Gasteiger partial charge in [0, 0.05) is 13.2 Å². The van der Waals surface area contributed by atoms with Gasteiger partial charge in [-0.15, -0.1) is 0 Å². The van der Waals surface area contributed by atoms with Gasteiger partial charge in [0.1, 0.15) is 5.75 Å². The molecule has 1 heterocycles. The number of benzene rings is 1. The molecule has 2 rings (SSSR count). The van der Waals surface area contributed by atoms with Crippen molar-refractivity contribution in [2.24, 2.45) is 5.92 Å². The van der Waals surface area contributed by atoms with Crippen molar-refractivity contribution in [1.82, 2.24) is 0 Å². The molecular weight excluding hydrogens is 216 g/mol. The van der Waals surface area contributed by atoms with Gasteiger partial charge in [-0.3, -0.25) is 0 Å². The van der Waals surface area contributed by atoms with Gasteiger partial charge in [-0.2, -0.15) is 0 Å². The van der Waals surface area contributed by atoms with Crippen molar-refractivity contribution in [3.05, 3.63) is 29.8 Å². The van der Waals surface area contributed by atoms with Gasteiger partial charge < -0.3 is 14.6 Å². The highest BCUT2D eigenvalue weighted by atomic mass is 16.5. The van der Waals surface area contributed by atoms with E-state index in [-0.39, 0.29) is 6.10 Å². The van der Waals surface area contributed by atoms with E-state index in [4.69, 9.17) is 9.47 Å². The van der Waals surface area contributed by atoms with Crippen molar-refractivity contribution in [3.8, 4) is 5.75 Å². The molecule has 1 saturated heterocycles. The fraction of sp³-hybridized carbons (Fsp3) is 0.571. The molecule has 1 N–H and O–H groups in total. The summed E-state index contributed by atoms with van der Waals surface area (Å²) in [6.07, 6.45) is 2.35. The lowest BCUT2D eigenvalue weighted by molar-refractivity contribution is 0.00838. The van der Waals surface area contributed by atoms with Crippen LogP contribution in [0.4, 0.5) is 0 Å². The van der Waals surface area contributed by atoms with Crippen molar-refractivity contribution < 1.29 is 14.6 Å². The Morgan fingerprint density at radius 3 is 2.88 bits per heavy atom. The first kappa shape index (κ1) is 12.4. The Kier molecular flexibility index (Phi) is 4.40.